The number of hydrogen-bond donors (Lipinski definition) is 1. The Morgan fingerprint density at radius 1 is 1.18 bits per heavy atom. The molecule has 7 nitrogen and oxygen atoms in total. The van der Waals surface area contributed by atoms with Crippen molar-refractivity contribution in [2.75, 3.05) is 0 Å². The smallest absolute Gasteiger partial charge is 0.243 e. The molecule has 33 heavy (non-hydrogen) atoms. The maximum Gasteiger partial charge on any atom is 0.243 e. The van der Waals surface area contributed by atoms with Crippen molar-refractivity contribution in [1.29, 1.82) is 0 Å². The van der Waals surface area contributed by atoms with E-state index < -0.39 is 17.8 Å². The summed E-state index contributed by atoms with van der Waals surface area (Å²) in [5, 5.41) is 2.81. The topological polar surface area (TPSA) is 84.3 Å². The molecule has 1 saturated heterocycles. The monoisotopic (exact) mass is 452 g/mol. The Balaban J connectivity index is 1.48. The lowest BCUT2D eigenvalue weighted by molar-refractivity contribution is -0.148. The number of benzene rings is 1. The van der Waals surface area contributed by atoms with E-state index in [0.29, 0.717) is 36.3 Å². The van der Waals surface area contributed by atoms with Crippen molar-refractivity contribution in [3.8, 4) is 5.69 Å². The van der Waals surface area contributed by atoms with Crippen LogP contribution >= 0.6 is 0 Å². The van der Waals surface area contributed by atoms with E-state index in [2.05, 4.69) is 10.3 Å². The van der Waals surface area contributed by atoms with Gasteiger partial charge < -0.3 is 9.88 Å². The van der Waals surface area contributed by atoms with Gasteiger partial charge in [0.25, 0.3) is 0 Å². The number of amides is 3. The minimum absolute atomic E-state index is 0.0954. The van der Waals surface area contributed by atoms with Gasteiger partial charge in [0.2, 0.25) is 17.7 Å². The molecule has 1 N–H and O–H groups in total. The molecule has 0 spiro atoms. The highest BCUT2D eigenvalue weighted by atomic mass is 19.1. The number of allylic oxidation sites excluding steroid dienone is 2. The van der Waals surface area contributed by atoms with Gasteiger partial charge in [-0.15, -0.1) is 0 Å². The summed E-state index contributed by atoms with van der Waals surface area (Å²) in [5.74, 6) is -1.33. The number of fused-ring (bicyclic) bond motifs is 1. The quantitative estimate of drug-likeness (QED) is 0.516. The summed E-state index contributed by atoms with van der Waals surface area (Å²) in [5.41, 5.74) is 0.963. The van der Waals surface area contributed by atoms with Gasteiger partial charge in [0.05, 0.1) is 17.5 Å². The molecule has 3 unspecified atom stereocenters. The van der Waals surface area contributed by atoms with E-state index in [4.69, 9.17) is 0 Å². The van der Waals surface area contributed by atoms with E-state index in [1.807, 2.05) is 26.0 Å². The minimum Gasteiger partial charge on any atom is -0.350 e. The van der Waals surface area contributed by atoms with Crippen molar-refractivity contribution in [1.82, 2.24) is 19.8 Å². The number of nitrogens with one attached hydrogen (secondary N) is 1. The van der Waals surface area contributed by atoms with E-state index in [1.165, 1.54) is 11.0 Å². The van der Waals surface area contributed by atoms with Crippen LogP contribution in [0.1, 0.15) is 44.5 Å². The van der Waals surface area contributed by atoms with Crippen molar-refractivity contribution >= 4 is 17.7 Å². The number of carbonyl (C=O) groups is 3. The number of carbonyl (C=O) groups excluding carboxylic acids is 3. The van der Waals surface area contributed by atoms with Gasteiger partial charge in [-0.05, 0) is 49.8 Å². The van der Waals surface area contributed by atoms with Gasteiger partial charge in [-0.3, -0.25) is 19.3 Å². The lowest BCUT2D eigenvalue weighted by Gasteiger charge is -2.27. The first-order chi connectivity index (χ1) is 15.8. The lowest BCUT2D eigenvalue weighted by Crippen LogP contribution is -2.50. The van der Waals surface area contributed by atoms with Gasteiger partial charge in [0, 0.05) is 18.9 Å². The summed E-state index contributed by atoms with van der Waals surface area (Å²) in [4.78, 5) is 44.5. The van der Waals surface area contributed by atoms with Gasteiger partial charge in [-0.2, -0.15) is 0 Å². The number of imide groups is 1. The number of hydrogen-bond acceptors (Lipinski definition) is 4. The molecule has 8 heteroatoms. The van der Waals surface area contributed by atoms with Crippen LogP contribution in [0, 0.1) is 30.5 Å². The molecule has 1 aliphatic heterocycles. The third-order valence-corrected chi connectivity index (χ3v) is 6.41. The average Bonchev–Trinajstić information content (AvgIpc) is 3.31. The van der Waals surface area contributed by atoms with Crippen molar-refractivity contribution in [3.05, 3.63) is 59.9 Å². The van der Waals surface area contributed by atoms with Crippen molar-refractivity contribution < 1.29 is 18.8 Å². The number of rotatable bonds is 7. The average molecular weight is 453 g/mol. The van der Waals surface area contributed by atoms with Gasteiger partial charge in [-0.25, -0.2) is 9.37 Å². The van der Waals surface area contributed by atoms with Gasteiger partial charge in [0.1, 0.15) is 17.7 Å². The Bertz CT molecular complexity index is 1080. The van der Waals surface area contributed by atoms with Crippen molar-refractivity contribution in [3.63, 3.8) is 0 Å². The maximum absolute atomic E-state index is 14.7. The fourth-order valence-electron chi connectivity index (χ4n) is 4.70. The Kier molecular flexibility index (Phi) is 6.44. The molecule has 3 amide bonds. The minimum atomic E-state index is -0.867. The molecule has 1 aliphatic carbocycles. The van der Waals surface area contributed by atoms with E-state index in [1.54, 1.807) is 36.0 Å². The van der Waals surface area contributed by atoms with E-state index in [-0.39, 0.29) is 36.1 Å². The molecule has 1 aromatic heterocycles. The van der Waals surface area contributed by atoms with Crippen LogP contribution in [-0.2, 0) is 20.9 Å². The molecule has 1 fully saturated rings. The third-order valence-electron chi connectivity index (χ3n) is 6.41. The summed E-state index contributed by atoms with van der Waals surface area (Å²) in [6.45, 7) is 5.78. The second-order valence-electron chi connectivity index (χ2n) is 9.20. The van der Waals surface area contributed by atoms with Gasteiger partial charge in [-0.1, -0.05) is 32.1 Å². The zero-order valence-corrected chi connectivity index (χ0v) is 19.1. The number of likely N-dealkylation sites (tertiary alicyclic amines) is 1. The van der Waals surface area contributed by atoms with Crippen LogP contribution in [0.3, 0.4) is 0 Å². The van der Waals surface area contributed by atoms with Crippen molar-refractivity contribution in [2.45, 2.75) is 52.6 Å². The number of nitrogens with zero attached hydrogens (tertiary/aromatic N) is 3. The van der Waals surface area contributed by atoms with Crippen LogP contribution in [0.4, 0.5) is 4.39 Å². The normalized spacial score (nSPS) is 20.9. The molecule has 174 valence electrons. The molecule has 0 bridgehead atoms. The molecule has 4 rings (SSSR count). The summed E-state index contributed by atoms with van der Waals surface area (Å²) >= 11 is 0. The van der Waals surface area contributed by atoms with Gasteiger partial charge >= 0.3 is 0 Å². The summed E-state index contributed by atoms with van der Waals surface area (Å²) < 4.78 is 16.3. The summed E-state index contributed by atoms with van der Waals surface area (Å²) in [6.07, 6.45) is 8.58. The first-order valence-corrected chi connectivity index (χ1v) is 11.4. The lowest BCUT2D eigenvalue weighted by atomic mass is 9.85. The number of imidazole rings is 1. The Labute approximate surface area is 192 Å². The highest BCUT2D eigenvalue weighted by Gasteiger charge is 2.51. The SMILES string of the molecule is Cc1nccn1-c1ccc(CNC(=O)C(CC(C)C)N2C(=O)C3CC=CCC3C2=O)cc1F. The second kappa shape index (κ2) is 9.29. The Morgan fingerprint density at radius 3 is 2.39 bits per heavy atom. The predicted molar refractivity (Wildman–Crippen MR) is 121 cm³/mol. The number of aromatic nitrogens is 2. The Morgan fingerprint density at radius 2 is 1.85 bits per heavy atom. The number of halogens is 1. The van der Waals surface area contributed by atoms with Crippen LogP contribution in [0.2, 0.25) is 0 Å². The molecule has 2 heterocycles. The molecule has 3 atom stereocenters. The van der Waals surface area contributed by atoms with Gasteiger partial charge in [0.15, 0.2) is 0 Å². The first-order valence-electron chi connectivity index (χ1n) is 11.4. The van der Waals surface area contributed by atoms with Crippen LogP contribution in [0.15, 0.2) is 42.7 Å². The molecular formula is C25H29FN4O3. The van der Waals surface area contributed by atoms with E-state index in [9.17, 15) is 18.8 Å². The molecule has 2 aromatic rings. The standard InChI is InChI=1S/C25H29FN4O3/c1-15(2)12-22(30-24(32)18-6-4-5-7-19(18)25(30)33)23(31)28-14-17-8-9-21(20(26)13-17)29-11-10-27-16(29)3/h4-5,8-11,13,15,18-19,22H,6-7,12,14H2,1-3H3,(H,28,31). The van der Waals surface area contributed by atoms with Crippen LogP contribution in [0.5, 0.6) is 0 Å². The third kappa shape index (κ3) is 4.47. The zero-order chi connectivity index (χ0) is 23.7. The number of aryl methyl sites for hydroxylation is 1. The van der Waals surface area contributed by atoms with Crippen LogP contribution in [0.25, 0.3) is 5.69 Å². The highest BCUT2D eigenvalue weighted by Crippen LogP contribution is 2.37. The summed E-state index contributed by atoms with van der Waals surface area (Å²) in [6, 6.07) is 3.89. The van der Waals surface area contributed by atoms with E-state index in [0.717, 1.165) is 0 Å². The largest absolute Gasteiger partial charge is 0.350 e. The molecule has 0 saturated carbocycles. The zero-order valence-electron chi connectivity index (χ0n) is 19.1. The molecule has 0 radical (unpaired) electrons. The summed E-state index contributed by atoms with van der Waals surface area (Å²) in [7, 11) is 0. The Hall–Kier alpha value is -3.29. The first kappa shape index (κ1) is 22.9. The maximum atomic E-state index is 14.7. The predicted octanol–water partition coefficient (Wildman–Crippen LogP) is 3.30. The molecule has 1 aromatic carbocycles. The van der Waals surface area contributed by atoms with Crippen molar-refractivity contribution in [2.24, 2.45) is 17.8 Å². The second-order valence-corrected chi connectivity index (χ2v) is 9.20. The fraction of sp³-hybridized carbons (Fsp3) is 0.440. The van der Waals surface area contributed by atoms with Crippen LogP contribution < -0.4 is 5.32 Å². The fourth-order valence-corrected chi connectivity index (χ4v) is 4.70. The van der Waals surface area contributed by atoms with Crippen LogP contribution in [-0.4, -0.2) is 38.2 Å². The highest BCUT2D eigenvalue weighted by molar-refractivity contribution is 6.08. The molecular weight excluding hydrogens is 423 g/mol. The molecule has 2 aliphatic rings. The van der Waals surface area contributed by atoms with E-state index >= 15 is 0 Å².